The Labute approximate surface area is 223 Å². The lowest BCUT2D eigenvalue weighted by Gasteiger charge is -2.30. The second-order valence-corrected chi connectivity index (χ2v) is 17.3. The summed E-state index contributed by atoms with van der Waals surface area (Å²) in [6.07, 6.45) is 4.38. The Morgan fingerprint density at radius 3 is 0.921 bits per heavy atom. The van der Waals surface area contributed by atoms with E-state index in [0.717, 1.165) is 38.5 Å². The molecule has 0 aromatic carbocycles. The lowest BCUT2D eigenvalue weighted by Crippen LogP contribution is -2.34. The monoisotopic (exact) mass is 638 g/mol. The van der Waals surface area contributed by atoms with Crippen LogP contribution in [0.4, 0.5) is 0 Å². The van der Waals surface area contributed by atoms with Gasteiger partial charge in [-0.3, -0.25) is 18.3 Å². The maximum atomic E-state index is 11.1. The summed E-state index contributed by atoms with van der Waals surface area (Å²) in [6.45, 7) is 5.28. The second kappa shape index (κ2) is 16.8. The molecule has 38 heavy (non-hydrogen) atoms. The highest BCUT2D eigenvalue weighted by Gasteiger charge is 2.59. The molecule has 232 valence electrons. The van der Waals surface area contributed by atoms with E-state index in [4.69, 9.17) is 39.1 Å². The van der Waals surface area contributed by atoms with Crippen LogP contribution in [-0.2, 0) is 18.3 Å². The van der Waals surface area contributed by atoms with Crippen molar-refractivity contribution < 1.29 is 67.6 Å². The molecule has 0 atom stereocenters. The Morgan fingerprint density at radius 2 is 0.737 bits per heavy atom. The third-order valence-electron chi connectivity index (χ3n) is 5.81. The van der Waals surface area contributed by atoms with Crippen molar-refractivity contribution in [2.24, 2.45) is 0 Å². The highest BCUT2D eigenvalue weighted by Crippen LogP contribution is 2.69. The number of unbranched alkanes of at least 4 members (excludes halogenated alkanes) is 4. The molecular weight excluding hydrogens is 592 g/mol. The fraction of sp³-hybridized carbons (Fsp3) is 1.00. The van der Waals surface area contributed by atoms with Crippen LogP contribution in [0.5, 0.6) is 0 Å². The first kappa shape index (κ1) is 40.6. The van der Waals surface area contributed by atoms with E-state index in [1.807, 2.05) is 13.8 Å². The molecule has 0 rings (SSSR count). The Morgan fingerprint density at radius 1 is 0.500 bits per heavy atom. The van der Waals surface area contributed by atoms with Crippen LogP contribution in [0.25, 0.3) is 0 Å². The molecule has 0 aliphatic rings. The van der Waals surface area contributed by atoms with Gasteiger partial charge < -0.3 is 59.2 Å². The first-order valence-corrected chi connectivity index (χ1v) is 18.4. The van der Waals surface area contributed by atoms with Gasteiger partial charge >= 0.3 is 30.4 Å². The number of hydrogen-bond donors (Lipinski definition) is 10. The highest BCUT2D eigenvalue weighted by molar-refractivity contribution is 7.72. The molecule has 0 saturated heterocycles. The van der Waals surface area contributed by atoms with Crippen molar-refractivity contribution in [3.8, 4) is 0 Å². The number of aliphatic hydroxyl groups is 2. The summed E-state index contributed by atoms with van der Waals surface area (Å²) < 4.78 is 44.4. The zero-order valence-corrected chi connectivity index (χ0v) is 25.9. The van der Waals surface area contributed by atoms with Gasteiger partial charge in [0.2, 0.25) is 0 Å². The summed E-state index contributed by atoms with van der Waals surface area (Å²) in [5.74, 6) is 0. The minimum absolute atomic E-state index is 0.0174. The Kier molecular flexibility index (Phi) is 17.9. The Bertz CT molecular complexity index is 753. The SMILES string of the molecule is CCCCCN(C)CCC(O)(P(=O)(O)O)P(=O)(O)O.CCCCCN(C)CCC(O)(P(=O)(O)O)P(=O)(O)O. The van der Waals surface area contributed by atoms with Gasteiger partial charge in [0.1, 0.15) is 0 Å². The van der Waals surface area contributed by atoms with Crippen LogP contribution in [0.2, 0.25) is 0 Å². The van der Waals surface area contributed by atoms with E-state index in [2.05, 4.69) is 0 Å². The third kappa shape index (κ3) is 13.4. The Balaban J connectivity index is 0. The number of nitrogens with zero attached hydrogens (tertiary/aromatic N) is 2. The van der Waals surface area contributed by atoms with Gasteiger partial charge in [0.25, 0.3) is 10.2 Å². The summed E-state index contributed by atoms with van der Waals surface area (Å²) in [5.41, 5.74) is 0. The molecule has 0 heterocycles. The molecule has 0 spiro atoms. The average Bonchev–Trinajstić information content (AvgIpc) is 2.73. The van der Waals surface area contributed by atoms with Crippen LogP contribution in [0.1, 0.15) is 65.2 Å². The van der Waals surface area contributed by atoms with E-state index in [1.54, 1.807) is 23.9 Å². The Hall–Kier alpha value is 0.440. The summed E-state index contributed by atoms with van der Waals surface area (Å²) in [6, 6.07) is 0. The molecule has 20 heteroatoms. The van der Waals surface area contributed by atoms with E-state index in [-0.39, 0.29) is 13.1 Å². The molecule has 0 saturated carbocycles. The second-order valence-electron chi connectivity index (χ2n) is 9.25. The number of rotatable bonds is 18. The van der Waals surface area contributed by atoms with Crippen molar-refractivity contribution in [3.05, 3.63) is 0 Å². The zero-order chi connectivity index (χ0) is 30.6. The fourth-order valence-corrected chi connectivity index (χ4v) is 7.37. The van der Waals surface area contributed by atoms with E-state index in [0.29, 0.717) is 13.1 Å². The lowest BCUT2D eigenvalue weighted by molar-refractivity contribution is 0.111. The van der Waals surface area contributed by atoms with Crippen LogP contribution in [0, 0.1) is 0 Å². The van der Waals surface area contributed by atoms with Gasteiger partial charge in [-0.15, -0.1) is 0 Å². The molecule has 0 aliphatic carbocycles. The topological polar surface area (TPSA) is 277 Å². The molecule has 0 unspecified atom stereocenters. The standard InChI is InChI=1S/2C9H23NO7P2/c2*1-3-4-5-7-10(2)8-6-9(11,18(12,13)14)19(15,16)17/h2*11H,3-8H2,1-2H3,(H2,12,13,14)(H2,15,16,17). The lowest BCUT2D eigenvalue weighted by atomic mass is 10.2. The maximum Gasteiger partial charge on any atom is 0.369 e. The molecule has 0 aromatic heterocycles. The molecule has 0 fully saturated rings. The average molecular weight is 638 g/mol. The van der Waals surface area contributed by atoms with Gasteiger partial charge in [0, 0.05) is 25.9 Å². The molecule has 0 aliphatic heterocycles. The number of hydrogen-bond acceptors (Lipinski definition) is 8. The van der Waals surface area contributed by atoms with Crippen LogP contribution < -0.4 is 0 Å². The first-order chi connectivity index (χ1) is 16.9. The summed E-state index contributed by atoms with van der Waals surface area (Å²) in [7, 11) is -18.0. The van der Waals surface area contributed by atoms with Crippen LogP contribution in [0.15, 0.2) is 0 Å². The van der Waals surface area contributed by atoms with Crippen LogP contribution in [0.3, 0.4) is 0 Å². The molecule has 10 N–H and O–H groups in total. The summed E-state index contributed by atoms with van der Waals surface area (Å²) >= 11 is 0. The van der Waals surface area contributed by atoms with Crippen molar-refractivity contribution in [2.75, 3.05) is 40.3 Å². The predicted octanol–water partition coefficient (Wildman–Crippen LogP) is 1.000. The van der Waals surface area contributed by atoms with E-state index >= 15 is 0 Å². The van der Waals surface area contributed by atoms with Gasteiger partial charge in [-0.2, -0.15) is 0 Å². The minimum Gasteiger partial charge on any atom is -0.367 e. The van der Waals surface area contributed by atoms with Crippen molar-refractivity contribution >= 4 is 30.4 Å². The maximum absolute atomic E-state index is 11.1. The van der Waals surface area contributed by atoms with Gasteiger partial charge in [-0.05, 0) is 40.0 Å². The van der Waals surface area contributed by atoms with Crippen molar-refractivity contribution in [1.82, 2.24) is 9.80 Å². The highest BCUT2D eigenvalue weighted by atomic mass is 31.2. The molecule has 0 aromatic rings. The first-order valence-electron chi connectivity index (χ1n) is 12.0. The van der Waals surface area contributed by atoms with Crippen LogP contribution in [-0.4, -0.2) is 110 Å². The molecule has 0 amide bonds. The largest absolute Gasteiger partial charge is 0.369 e. The molecule has 0 radical (unpaired) electrons. The van der Waals surface area contributed by atoms with E-state index < -0.39 is 53.4 Å². The van der Waals surface area contributed by atoms with Crippen LogP contribution >= 0.6 is 30.4 Å². The molecular formula is C18H46N2O14P4. The van der Waals surface area contributed by atoms with Gasteiger partial charge in [0.15, 0.2) is 0 Å². The van der Waals surface area contributed by atoms with Gasteiger partial charge in [-0.1, -0.05) is 39.5 Å². The van der Waals surface area contributed by atoms with Crippen molar-refractivity contribution in [3.63, 3.8) is 0 Å². The third-order valence-corrected chi connectivity index (χ3v) is 13.6. The van der Waals surface area contributed by atoms with Crippen molar-refractivity contribution in [1.29, 1.82) is 0 Å². The zero-order valence-electron chi connectivity index (χ0n) is 22.3. The van der Waals surface area contributed by atoms with Crippen molar-refractivity contribution in [2.45, 2.75) is 75.4 Å². The fourth-order valence-electron chi connectivity index (χ4n) is 3.09. The van der Waals surface area contributed by atoms with Gasteiger partial charge in [0.05, 0.1) is 0 Å². The smallest absolute Gasteiger partial charge is 0.367 e. The molecule has 16 nitrogen and oxygen atoms in total. The van der Waals surface area contributed by atoms with E-state index in [1.165, 1.54) is 0 Å². The minimum atomic E-state index is -5.33. The predicted molar refractivity (Wildman–Crippen MR) is 141 cm³/mol. The quantitative estimate of drug-likeness (QED) is 0.0740. The normalized spacial score (nSPS) is 14.1. The summed E-state index contributed by atoms with van der Waals surface area (Å²) in [5, 5.41) is 12.7. The summed E-state index contributed by atoms with van der Waals surface area (Å²) in [4.78, 5) is 74.9. The van der Waals surface area contributed by atoms with E-state index in [9.17, 15) is 28.5 Å². The molecule has 0 bridgehead atoms. The van der Waals surface area contributed by atoms with Gasteiger partial charge in [-0.25, -0.2) is 0 Å².